The highest BCUT2D eigenvalue weighted by molar-refractivity contribution is 5.71. The summed E-state index contributed by atoms with van der Waals surface area (Å²) in [6, 6.07) is 11.3. The number of nitrogens with one attached hydrogen (secondary N) is 1. The number of carbonyl (C=O) groups excluding carboxylic acids is 1. The highest BCUT2D eigenvalue weighted by atomic mass is 19.3. The number of alkyl halides is 2. The molecule has 5 nitrogen and oxygen atoms in total. The fourth-order valence-electron chi connectivity index (χ4n) is 5.90. The first-order chi connectivity index (χ1) is 16.2. The number of piperidine rings is 3. The Kier molecular flexibility index (Phi) is 6.00. The molecule has 2 atom stereocenters. The maximum Gasteiger partial charge on any atom is 0.407 e. The largest absolute Gasteiger partial charge is 0.445 e. The van der Waals surface area contributed by atoms with Crippen molar-refractivity contribution in [3.63, 3.8) is 0 Å². The zero-order chi connectivity index (χ0) is 24.0. The standard InChI is InChI=1S/C27H32F2N2O3/c1-16-12-18(5-7-22(16)33-25(28)29)19-4-6-21-20(13-19)14-27(2,3)24(21)30-26(32)34-23-15-31-10-8-17(23)9-11-31/h4-7,12-13,17,23-25H,8-11,14-15H2,1-3H3,(H,30,32)/t23-,24-/m0/s1. The van der Waals surface area contributed by atoms with E-state index in [1.54, 1.807) is 19.1 Å². The van der Waals surface area contributed by atoms with Crippen molar-refractivity contribution in [2.24, 2.45) is 11.3 Å². The predicted octanol–water partition coefficient (Wildman–Crippen LogP) is 5.71. The Bertz CT molecular complexity index is 1080. The molecule has 1 aliphatic carbocycles. The van der Waals surface area contributed by atoms with Gasteiger partial charge >= 0.3 is 12.7 Å². The van der Waals surface area contributed by atoms with Gasteiger partial charge in [-0.3, -0.25) is 4.90 Å². The molecule has 1 N–H and O–H groups in total. The number of carbonyl (C=O) groups is 1. The van der Waals surface area contributed by atoms with E-state index in [9.17, 15) is 13.6 Å². The van der Waals surface area contributed by atoms with Crippen LogP contribution in [0.15, 0.2) is 36.4 Å². The number of benzene rings is 2. The monoisotopic (exact) mass is 470 g/mol. The Morgan fingerprint density at radius 1 is 1.12 bits per heavy atom. The molecule has 3 aliphatic heterocycles. The second kappa shape index (κ2) is 8.84. The highest BCUT2D eigenvalue weighted by Crippen LogP contribution is 2.46. The summed E-state index contributed by atoms with van der Waals surface area (Å²) in [7, 11) is 0. The molecule has 0 radical (unpaired) electrons. The van der Waals surface area contributed by atoms with Crippen molar-refractivity contribution in [3.05, 3.63) is 53.1 Å². The fourth-order valence-corrected chi connectivity index (χ4v) is 5.90. The van der Waals surface area contributed by atoms with E-state index < -0.39 is 6.61 Å². The summed E-state index contributed by atoms with van der Waals surface area (Å²) < 4.78 is 35.6. The molecule has 182 valence electrons. The number of amides is 1. The Labute approximate surface area is 199 Å². The summed E-state index contributed by atoms with van der Waals surface area (Å²) in [5.41, 5.74) is 4.75. The number of ether oxygens (including phenoxy) is 2. The lowest BCUT2D eigenvalue weighted by molar-refractivity contribution is -0.0502. The van der Waals surface area contributed by atoms with Crippen LogP contribution in [0.1, 0.15) is 49.4 Å². The molecule has 3 saturated heterocycles. The van der Waals surface area contributed by atoms with Crippen molar-refractivity contribution in [2.45, 2.75) is 58.8 Å². The van der Waals surface area contributed by atoms with Gasteiger partial charge in [0.1, 0.15) is 11.9 Å². The molecular formula is C27H32F2N2O3. The third kappa shape index (κ3) is 4.50. The van der Waals surface area contributed by atoms with Crippen LogP contribution in [0.5, 0.6) is 5.75 Å². The smallest absolute Gasteiger partial charge is 0.407 e. The maximum absolute atomic E-state index is 12.9. The molecule has 34 heavy (non-hydrogen) atoms. The van der Waals surface area contributed by atoms with Crippen molar-refractivity contribution < 1.29 is 23.0 Å². The molecular weight excluding hydrogens is 438 g/mol. The van der Waals surface area contributed by atoms with E-state index >= 15 is 0 Å². The molecule has 0 aromatic heterocycles. The van der Waals surface area contributed by atoms with Crippen molar-refractivity contribution in [1.29, 1.82) is 0 Å². The molecule has 4 aliphatic rings. The van der Waals surface area contributed by atoms with Gasteiger partial charge in [-0.15, -0.1) is 0 Å². The predicted molar refractivity (Wildman–Crippen MR) is 126 cm³/mol. The van der Waals surface area contributed by atoms with Crippen LogP contribution in [0.2, 0.25) is 0 Å². The lowest BCUT2D eigenvalue weighted by atomic mass is 9.85. The third-order valence-electron chi connectivity index (χ3n) is 7.72. The minimum atomic E-state index is -2.84. The zero-order valence-corrected chi connectivity index (χ0v) is 19.9. The number of aryl methyl sites for hydroxylation is 1. The van der Waals surface area contributed by atoms with E-state index in [-0.39, 0.29) is 29.4 Å². The lowest BCUT2D eigenvalue weighted by Crippen LogP contribution is -2.53. The van der Waals surface area contributed by atoms with E-state index in [0.29, 0.717) is 11.5 Å². The number of hydrogen-bond acceptors (Lipinski definition) is 4. The molecule has 2 aromatic carbocycles. The topological polar surface area (TPSA) is 50.8 Å². The highest BCUT2D eigenvalue weighted by Gasteiger charge is 2.42. The van der Waals surface area contributed by atoms with Crippen LogP contribution < -0.4 is 10.1 Å². The van der Waals surface area contributed by atoms with Gasteiger partial charge in [-0.2, -0.15) is 8.78 Å². The van der Waals surface area contributed by atoms with Crippen LogP contribution in [0.25, 0.3) is 11.1 Å². The Balaban J connectivity index is 1.31. The van der Waals surface area contributed by atoms with Crippen molar-refractivity contribution in [2.75, 3.05) is 19.6 Å². The van der Waals surface area contributed by atoms with E-state index in [0.717, 1.165) is 55.6 Å². The van der Waals surface area contributed by atoms with Crippen molar-refractivity contribution in [3.8, 4) is 16.9 Å². The second-order valence-corrected chi connectivity index (χ2v) is 10.6. The van der Waals surface area contributed by atoms with Crippen LogP contribution in [0.4, 0.5) is 13.6 Å². The van der Waals surface area contributed by atoms with Crippen molar-refractivity contribution >= 4 is 6.09 Å². The minimum absolute atomic E-state index is 0.0193. The molecule has 0 spiro atoms. The summed E-state index contributed by atoms with van der Waals surface area (Å²) in [5.74, 6) is 0.662. The van der Waals surface area contributed by atoms with Gasteiger partial charge in [0.25, 0.3) is 0 Å². The van der Waals surface area contributed by atoms with Crippen LogP contribution in [0, 0.1) is 18.3 Å². The number of halogens is 2. The van der Waals surface area contributed by atoms with Gasteiger partial charge in [-0.05, 0) is 90.6 Å². The van der Waals surface area contributed by atoms with Gasteiger partial charge < -0.3 is 14.8 Å². The Morgan fingerprint density at radius 2 is 1.82 bits per heavy atom. The van der Waals surface area contributed by atoms with Gasteiger partial charge in [0.05, 0.1) is 6.04 Å². The Hall–Kier alpha value is -2.67. The van der Waals surface area contributed by atoms with Gasteiger partial charge in [0, 0.05) is 6.54 Å². The molecule has 6 rings (SSSR count). The normalized spacial score (nSPS) is 26.9. The molecule has 1 amide bonds. The molecule has 2 bridgehead atoms. The quantitative estimate of drug-likeness (QED) is 0.608. The number of hydrogen-bond donors (Lipinski definition) is 1. The number of alkyl carbamates (subject to hydrolysis) is 1. The van der Waals surface area contributed by atoms with Crippen LogP contribution >= 0.6 is 0 Å². The average molecular weight is 471 g/mol. The number of rotatable bonds is 5. The minimum Gasteiger partial charge on any atom is -0.445 e. The number of nitrogens with zero attached hydrogens (tertiary/aromatic N) is 1. The van der Waals surface area contributed by atoms with Gasteiger partial charge in [0.2, 0.25) is 0 Å². The SMILES string of the molecule is Cc1cc(-c2ccc3c(c2)CC(C)(C)[C@H]3NC(=O)O[C@H]2CN3CCC2CC3)ccc1OC(F)F. The van der Waals surface area contributed by atoms with Crippen LogP contribution in [-0.2, 0) is 11.2 Å². The molecule has 7 heteroatoms. The average Bonchev–Trinajstić information content (AvgIpc) is 3.04. The molecule has 0 saturated carbocycles. The Morgan fingerprint density at radius 3 is 2.47 bits per heavy atom. The van der Waals surface area contributed by atoms with Gasteiger partial charge in [0.15, 0.2) is 0 Å². The second-order valence-electron chi connectivity index (χ2n) is 10.6. The zero-order valence-electron chi connectivity index (χ0n) is 19.9. The van der Waals surface area contributed by atoms with E-state index in [1.165, 1.54) is 5.56 Å². The molecule has 3 heterocycles. The first-order valence-corrected chi connectivity index (χ1v) is 12.1. The molecule has 0 unspecified atom stereocenters. The lowest BCUT2D eigenvalue weighted by Gasteiger charge is -2.44. The third-order valence-corrected chi connectivity index (χ3v) is 7.72. The van der Waals surface area contributed by atoms with E-state index in [2.05, 4.69) is 40.9 Å². The maximum atomic E-state index is 12.9. The summed E-state index contributed by atoms with van der Waals surface area (Å²) in [6.45, 7) is 6.30. The first-order valence-electron chi connectivity index (χ1n) is 12.1. The number of fused-ring (bicyclic) bond motifs is 4. The molecule has 2 aromatic rings. The van der Waals surface area contributed by atoms with Crippen molar-refractivity contribution in [1.82, 2.24) is 10.2 Å². The summed E-state index contributed by atoms with van der Waals surface area (Å²) in [6.07, 6.45) is 2.68. The summed E-state index contributed by atoms with van der Waals surface area (Å²) >= 11 is 0. The summed E-state index contributed by atoms with van der Waals surface area (Å²) in [4.78, 5) is 15.2. The van der Waals surface area contributed by atoms with Crippen LogP contribution in [-0.4, -0.2) is 43.3 Å². The van der Waals surface area contributed by atoms with E-state index in [4.69, 9.17) is 4.74 Å². The molecule has 3 fully saturated rings. The fraction of sp³-hybridized carbons (Fsp3) is 0.519. The van der Waals surface area contributed by atoms with Gasteiger partial charge in [-0.1, -0.05) is 38.1 Å². The van der Waals surface area contributed by atoms with Crippen LogP contribution in [0.3, 0.4) is 0 Å². The first kappa shape index (κ1) is 23.1. The summed E-state index contributed by atoms with van der Waals surface area (Å²) in [5, 5.41) is 3.16. The van der Waals surface area contributed by atoms with E-state index in [1.807, 2.05) is 12.1 Å². The van der Waals surface area contributed by atoms with Gasteiger partial charge in [-0.25, -0.2) is 4.79 Å².